The molecule has 0 aromatic carbocycles. The summed E-state index contributed by atoms with van der Waals surface area (Å²) in [7, 11) is 0. The van der Waals surface area contributed by atoms with E-state index in [1.54, 1.807) is 0 Å². The van der Waals surface area contributed by atoms with E-state index in [2.05, 4.69) is 47.1 Å². The maximum absolute atomic E-state index is 4.24. The highest BCUT2D eigenvalue weighted by Gasteiger charge is 2.03. The average molecular weight is 288 g/mol. The minimum Gasteiger partial charge on any atom is -0.312 e. The maximum atomic E-state index is 4.24. The number of rotatable bonds is 7. The summed E-state index contributed by atoms with van der Waals surface area (Å²) < 4.78 is 3.00. The third-order valence-corrected chi connectivity index (χ3v) is 2.92. The summed E-state index contributed by atoms with van der Waals surface area (Å²) in [5.74, 6) is 0.805. The van der Waals surface area contributed by atoms with E-state index in [1.165, 1.54) is 12.8 Å². The van der Waals surface area contributed by atoms with Crippen LogP contribution in [-0.2, 0) is 6.54 Å². The normalized spacial score (nSPS) is 13.3. The van der Waals surface area contributed by atoms with Gasteiger partial charge in [0, 0.05) is 12.2 Å². The van der Waals surface area contributed by atoms with E-state index in [0.29, 0.717) is 6.04 Å². The summed E-state index contributed by atoms with van der Waals surface area (Å²) in [5.41, 5.74) is 0. The van der Waals surface area contributed by atoms with E-state index in [9.17, 15) is 0 Å². The van der Waals surface area contributed by atoms with E-state index < -0.39 is 0 Å². The minimum atomic E-state index is 0.471. The lowest BCUT2D eigenvalue weighted by molar-refractivity contribution is 0.433. The van der Waals surface area contributed by atoms with Gasteiger partial charge in [-0.25, -0.2) is 0 Å². The Bertz CT molecular complexity index is 296. The summed E-state index contributed by atoms with van der Waals surface area (Å²) in [6, 6.07) is 0.471. The van der Waals surface area contributed by atoms with Crippen LogP contribution < -0.4 is 5.32 Å². The minimum absolute atomic E-state index is 0.471. The van der Waals surface area contributed by atoms with Crippen LogP contribution in [0.25, 0.3) is 0 Å². The van der Waals surface area contributed by atoms with Crippen molar-refractivity contribution in [3.63, 3.8) is 0 Å². The molecule has 0 saturated heterocycles. The predicted octanol–water partition coefficient (Wildman–Crippen LogP) is 3.06. The van der Waals surface area contributed by atoms with Gasteiger partial charge < -0.3 is 5.32 Å². The van der Waals surface area contributed by atoms with Crippen LogP contribution in [0.4, 0.5) is 0 Å². The van der Waals surface area contributed by atoms with Gasteiger partial charge in [-0.05, 0) is 48.2 Å². The van der Waals surface area contributed by atoms with Gasteiger partial charge in [-0.15, -0.1) is 0 Å². The Morgan fingerprint density at radius 2 is 2.19 bits per heavy atom. The third-order valence-electron chi connectivity index (χ3n) is 2.51. The number of halogens is 1. The molecule has 4 heteroatoms. The highest BCUT2D eigenvalue weighted by molar-refractivity contribution is 9.10. The van der Waals surface area contributed by atoms with Gasteiger partial charge >= 0.3 is 0 Å². The first-order valence-corrected chi connectivity index (χ1v) is 6.78. The molecule has 1 N–H and O–H groups in total. The smallest absolute Gasteiger partial charge is 0.0632 e. The van der Waals surface area contributed by atoms with Crippen molar-refractivity contribution < 1.29 is 0 Å². The van der Waals surface area contributed by atoms with Crippen LogP contribution >= 0.6 is 15.9 Å². The SMILES string of the molecule is CC(C)CCCNC(C)Cn1cc(Br)cn1. The zero-order chi connectivity index (χ0) is 12.0. The van der Waals surface area contributed by atoms with Crippen molar-refractivity contribution in [2.24, 2.45) is 5.92 Å². The second kappa shape index (κ2) is 7.07. The number of hydrogen-bond acceptors (Lipinski definition) is 2. The maximum Gasteiger partial charge on any atom is 0.0632 e. The molecule has 0 radical (unpaired) electrons. The molecule has 1 aromatic heterocycles. The van der Waals surface area contributed by atoms with E-state index in [0.717, 1.165) is 23.5 Å². The molecule has 1 unspecified atom stereocenters. The summed E-state index contributed by atoms with van der Waals surface area (Å²) in [6.45, 7) is 8.76. The Kier molecular flexibility index (Phi) is 6.06. The largest absolute Gasteiger partial charge is 0.312 e. The average Bonchev–Trinajstić information content (AvgIpc) is 2.58. The molecule has 0 bridgehead atoms. The van der Waals surface area contributed by atoms with Crippen molar-refractivity contribution in [3.8, 4) is 0 Å². The number of aromatic nitrogens is 2. The zero-order valence-electron chi connectivity index (χ0n) is 10.4. The lowest BCUT2D eigenvalue weighted by Gasteiger charge is -2.14. The van der Waals surface area contributed by atoms with Gasteiger partial charge in [0.2, 0.25) is 0 Å². The van der Waals surface area contributed by atoms with Crippen LogP contribution in [0.2, 0.25) is 0 Å². The van der Waals surface area contributed by atoms with E-state index in [1.807, 2.05) is 17.1 Å². The van der Waals surface area contributed by atoms with Crippen molar-refractivity contribution in [1.29, 1.82) is 0 Å². The van der Waals surface area contributed by atoms with Crippen LogP contribution in [0.5, 0.6) is 0 Å². The number of hydrogen-bond donors (Lipinski definition) is 1. The molecular weight excluding hydrogens is 266 g/mol. The Balaban J connectivity index is 2.13. The summed E-state index contributed by atoms with van der Waals surface area (Å²) in [4.78, 5) is 0. The summed E-state index contributed by atoms with van der Waals surface area (Å²) in [5, 5.41) is 7.76. The second-order valence-electron chi connectivity index (χ2n) is 4.77. The molecule has 0 aliphatic heterocycles. The van der Waals surface area contributed by atoms with Crippen molar-refractivity contribution in [2.45, 2.75) is 46.2 Å². The fourth-order valence-electron chi connectivity index (χ4n) is 1.64. The monoisotopic (exact) mass is 287 g/mol. The molecule has 0 aliphatic rings. The molecule has 0 aliphatic carbocycles. The quantitative estimate of drug-likeness (QED) is 0.781. The van der Waals surface area contributed by atoms with Crippen LogP contribution in [0.15, 0.2) is 16.9 Å². The van der Waals surface area contributed by atoms with E-state index in [-0.39, 0.29) is 0 Å². The molecule has 1 heterocycles. The molecule has 3 nitrogen and oxygen atoms in total. The first-order chi connectivity index (χ1) is 7.58. The van der Waals surface area contributed by atoms with Gasteiger partial charge in [0.1, 0.15) is 0 Å². The molecule has 0 fully saturated rings. The van der Waals surface area contributed by atoms with Crippen molar-refractivity contribution in [2.75, 3.05) is 6.54 Å². The first kappa shape index (κ1) is 13.7. The molecule has 0 saturated carbocycles. The van der Waals surface area contributed by atoms with Gasteiger partial charge in [-0.1, -0.05) is 13.8 Å². The molecular formula is C12H22BrN3. The Morgan fingerprint density at radius 3 is 2.75 bits per heavy atom. The molecule has 92 valence electrons. The molecule has 0 amide bonds. The first-order valence-electron chi connectivity index (χ1n) is 5.99. The fraction of sp³-hybridized carbons (Fsp3) is 0.750. The van der Waals surface area contributed by atoms with Crippen LogP contribution in [0, 0.1) is 5.92 Å². The van der Waals surface area contributed by atoms with E-state index in [4.69, 9.17) is 0 Å². The van der Waals surface area contributed by atoms with Gasteiger partial charge in [-0.2, -0.15) is 5.10 Å². The Morgan fingerprint density at radius 1 is 1.44 bits per heavy atom. The molecule has 1 aromatic rings. The topological polar surface area (TPSA) is 29.9 Å². The Hall–Kier alpha value is -0.350. The molecule has 0 spiro atoms. The van der Waals surface area contributed by atoms with Gasteiger partial charge in [0.25, 0.3) is 0 Å². The molecule has 16 heavy (non-hydrogen) atoms. The van der Waals surface area contributed by atoms with Crippen LogP contribution in [0.3, 0.4) is 0 Å². The lowest BCUT2D eigenvalue weighted by atomic mass is 10.1. The highest BCUT2D eigenvalue weighted by Crippen LogP contribution is 2.06. The van der Waals surface area contributed by atoms with Crippen LogP contribution in [-0.4, -0.2) is 22.4 Å². The number of nitrogens with zero attached hydrogens (tertiary/aromatic N) is 2. The van der Waals surface area contributed by atoms with Crippen molar-refractivity contribution >= 4 is 15.9 Å². The number of nitrogens with one attached hydrogen (secondary N) is 1. The molecule has 1 rings (SSSR count). The van der Waals surface area contributed by atoms with Crippen LogP contribution in [0.1, 0.15) is 33.6 Å². The fourth-order valence-corrected chi connectivity index (χ4v) is 1.97. The summed E-state index contributed by atoms with van der Waals surface area (Å²) in [6.07, 6.45) is 6.38. The lowest BCUT2D eigenvalue weighted by Crippen LogP contribution is -2.31. The van der Waals surface area contributed by atoms with E-state index >= 15 is 0 Å². The standard InChI is InChI=1S/C12H22BrN3/c1-10(2)5-4-6-14-11(3)8-16-9-12(13)7-15-16/h7,9-11,14H,4-6,8H2,1-3H3. The second-order valence-corrected chi connectivity index (χ2v) is 5.69. The third kappa shape index (κ3) is 5.66. The van der Waals surface area contributed by atoms with Gasteiger partial charge in [-0.3, -0.25) is 4.68 Å². The predicted molar refractivity (Wildman–Crippen MR) is 71.5 cm³/mol. The highest BCUT2D eigenvalue weighted by atomic mass is 79.9. The Labute approximate surface area is 107 Å². The molecule has 1 atom stereocenters. The van der Waals surface area contributed by atoms with Gasteiger partial charge in [0.15, 0.2) is 0 Å². The van der Waals surface area contributed by atoms with Gasteiger partial charge in [0.05, 0.1) is 17.2 Å². The van der Waals surface area contributed by atoms with Crippen molar-refractivity contribution in [3.05, 3.63) is 16.9 Å². The summed E-state index contributed by atoms with van der Waals surface area (Å²) >= 11 is 3.40. The van der Waals surface area contributed by atoms with Crippen molar-refractivity contribution in [1.82, 2.24) is 15.1 Å². The zero-order valence-corrected chi connectivity index (χ0v) is 12.0.